The number of sulfone groups is 1. The van der Waals surface area contributed by atoms with Crippen LogP contribution in [0.25, 0.3) is 0 Å². The summed E-state index contributed by atoms with van der Waals surface area (Å²) >= 11 is 0. The number of hydrogen-bond acceptors (Lipinski definition) is 6. The van der Waals surface area contributed by atoms with Crippen LogP contribution in [-0.4, -0.2) is 74.8 Å². The van der Waals surface area contributed by atoms with E-state index in [9.17, 15) is 18.0 Å². The molecule has 2 heterocycles. The maximum Gasteiger partial charge on any atom is 0.291 e. The Hall–Kier alpha value is -2.65. The molecule has 2 amide bonds. The number of piperazine rings is 1. The molecule has 150 valence electrons. The molecule has 0 aliphatic carbocycles. The molecule has 1 aliphatic heterocycles. The van der Waals surface area contributed by atoms with Gasteiger partial charge in [-0.05, 0) is 30.3 Å². The summed E-state index contributed by atoms with van der Waals surface area (Å²) in [6.07, 6.45) is 2.65. The second-order valence-electron chi connectivity index (χ2n) is 6.78. The lowest BCUT2D eigenvalue weighted by atomic mass is 10.1. The average molecular weight is 405 g/mol. The Kier molecular flexibility index (Phi) is 6.15. The average Bonchev–Trinajstić information content (AvgIpc) is 3.21. The molecule has 1 N–H and O–H groups in total. The molecule has 1 aliphatic rings. The first-order valence-corrected chi connectivity index (χ1v) is 11.0. The highest BCUT2D eigenvalue weighted by Gasteiger charge is 2.23. The topological polar surface area (TPSA) is 99.9 Å². The Balaban J connectivity index is 1.57. The normalized spacial score (nSPS) is 15.4. The number of hydrogen-bond donors (Lipinski definition) is 1. The standard InChI is InChI=1S/C19H23N3O5S/c1-28(25,26)13-11-21-7-9-22(10-8-21)19(24)15-4-2-5-16(14-15)20-18(23)17-6-3-12-27-17/h2-6,12,14H,7-11,13H2,1H3,(H,20,23). The number of carbonyl (C=O) groups is 2. The number of furan rings is 1. The minimum absolute atomic E-state index is 0.114. The van der Waals surface area contributed by atoms with Crippen LogP contribution in [0.3, 0.4) is 0 Å². The zero-order valence-electron chi connectivity index (χ0n) is 15.6. The van der Waals surface area contributed by atoms with Crippen LogP contribution in [0.15, 0.2) is 47.1 Å². The van der Waals surface area contributed by atoms with Gasteiger partial charge >= 0.3 is 0 Å². The summed E-state index contributed by atoms with van der Waals surface area (Å²) in [6.45, 7) is 2.82. The number of amides is 2. The minimum atomic E-state index is -2.99. The molecule has 0 bridgehead atoms. The first-order valence-electron chi connectivity index (χ1n) is 8.96. The van der Waals surface area contributed by atoms with Crippen molar-refractivity contribution in [2.45, 2.75) is 0 Å². The van der Waals surface area contributed by atoms with Crippen LogP contribution >= 0.6 is 0 Å². The first-order chi connectivity index (χ1) is 13.3. The molecule has 1 saturated heterocycles. The largest absolute Gasteiger partial charge is 0.459 e. The lowest BCUT2D eigenvalue weighted by Gasteiger charge is -2.34. The second-order valence-corrected chi connectivity index (χ2v) is 9.04. The van der Waals surface area contributed by atoms with Crippen LogP contribution in [-0.2, 0) is 9.84 Å². The minimum Gasteiger partial charge on any atom is -0.459 e. The molecule has 3 rings (SSSR count). The lowest BCUT2D eigenvalue weighted by Crippen LogP contribution is -2.49. The molecule has 0 unspecified atom stereocenters. The maximum absolute atomic E-state index is 12.8. The predicted octanol–water partition coefficient (Wildman–Crippen LogP) is 1.33. The molecule has 1 aromatic carbocycles. The second kappa shape index (κ2) is 8.57. The van der Waals surface area contributed by atoms with Gasteiger partial charge in [-0.3, -0.25) is 14.5 Å². The Bertz CT molecular complexity index is 932. The highest BCUT2D eigenvalue weighted by molar-refractivity contribution is 7.90. The zero-order chi connectivity index (χ0) is 20.1. The Morgan fingerprint density at radius 2 is 1.86 bits per heavy atom. The van der Waals surface area contributed by atoms with Crippen molar-refractivity contribution in [2.75, 3.05) is 50.0 Å². The molecule has 0 spiro atoms. The van der Waals surface area contributed by atoms with Gasteiger partial charge in [0.1, 0.15) is 9.84 Å². The van der Waals surface area contributed by atoms with Gasteiger partial charge in [-0.2, -0.15) is 0 Å². The van der Waals surface area contributed by atoms with E-state index in [0.29, 0.717) is 44.0 Å². The molecule has 0 radical (unpaired) electrons. The third kappa shape index (κ3) is 5.43. The molecular weight excluding hydrogens is 382 g/mol. The van der Waals surface area contributed by atoms with Gasteiger partial charge in [0.2, 0.25) is 0 Å². The van der Waals surface area contributed by atoms with E-state index in [-0.39, 0.29) is 23.3 Å². The number of nitrogens with one attached hydrogen (secondary N) is 1. The van der Waals surface area contributed by atoms with Crippen molar-refractivity contribution < 1.29 is 22.4 Å². The highest BCUT2D eigenvalue weighted by Crippen LogP contribution is 2.15. The summed E-state index contributed by atoms with van der Waals surface area (Å²) in [4.78, 5) is 28.6. The van der Waals surface area contributed by atoms with Gasteiger partial charge in [0.05, 0.1) is 12.0 Å². The fraction of sp³-hybridized carbons (Fsp3) is 0.368. The molecule has 28 heavy (non-hydrogen) atoms. The lowest BCUT2D eigenvalue weighted by molar-refractivity contribution is 0.0644. The molecule has 0 atom stereocenters. The van der Waals surface area contributed by atoms with Crippen LogP contribution < -0.4 is 5.32 Å². The Morgan fingerprint density at radius 3 is 2.50 bits per heavy atom. The number of nitrogens with zero attached hydrogens (tertiary/aromatic N) is 2. The van der Waals surface area contributed by atoms with Gasteiger partial charge < -0.3 is 14.6 Å². The smallest absolute Gasteiger partial charge is 0.291 e. The van der Waals surface area contributed by atoms with E-state index in [1.807, 2.05) is 4.90 Å². The van der Waals surface area contributed by atoms with Crippen LogP contribution in [0, 0.1) is 0 Å². The van der Waals surface area contributed by atoms with Gasteiger partial charge in [0, 0.05) is 50.2 Å². The van der Waals surface area contributed by atoms with Gasteiger partial charge in [0.25, 0.3) is 11.8 Å². The van der Waals surface area contributed by atoms with E-state index in [0.717, 1.165) is 0 Å². The number of anilines is 1. The number of carbonyl (C=O) groups excluding carboxylic acids is 2. The van der Waals surface area contributed by atoms with Crippen LogP contribution in [0.2, 0.25) is 0 Å². The fourth-order valence-electron chi connectivity index (χ4n) is 2.98. The highest BCUT2D eigenvalue weighted by atomic mass is 32.2. The monoisotopic (exact) mass is 405 g/mol. The summed E-state index contributed by atoms with van der Waals surface area (Å²) in [6, 6.07) is 9.96. The van der Waals surface area contributed by atoms with E-state index in [1.54, 1.807) is 41.3 Å². The van der Waals surface area contributed by atoms with Gasteiger partial charge in [-0.25, -0.2) is 8.42 Å². The molecule has 1 fully saturated rings. The first kappa shape index (κ1) is 20.1. The number of rotatable bonds is 6. The van der Waals surface area contributed by atoms with Crippen molar-refractivity contribution in [1.29, 1.82) is 0 Å². The third-order valence-electron chi connectivity index (χ3n) is 4.55. The maximum atomic E-state index is 12.8. The van der Waals surface area contributed by atoms with Gasteiger partial charge in [-0.1, -0.05) is 6.07 Å². The van der Waals surface area contributed by atoms with Crippen molar-refractivity contribution in [2.24, 2.45) is 0 Å². The predicted molar refractivity (Wildman–Crippen MR) is 105 cm³/mol. The van der Waals surface area contributed by atoms with Crippen LogP contribution in [0.4, 0.5) is 5.69 Å². The summed E-state index contributed by atoms with van der Waals surface area (Å²) in [7, 11) is -2.99. The number of benzene rings is 1. The zero-order valence-corrected chi connectivity index (χ0v) is 16.4. The molecular formula is C19H23N3O5S. The van der Waals surface area contributed by atoms with E-state index < -0.39 is 9.84 Å². The van der Waals surface area contributed by atoms with E-state index >= 15 is 0 Å². The molecule has 8 nitrogen and oxygen atoms in total. The van der Waals surface area contributed by atoms with Crippen LogP contribution in [0.1, 0.15) is 20.9 Å². The third-order valence-corrected chi connectivity index (χ3v) is 5.47. The van der Waals surface area contributed by atoms with E-state index in [4.69, 9.17) is 4.42 Å². The summed E-state index contributed by atoms with van der Waals surface area (Å²) in [5, 5.41) is 2.71. The Morgan fingerprint density at radius 1 is 1.11 bits per heavy atom. The fourth-order valence-corrected chi connectivity index (χ4v) is 3.57. The quantitative estimate of drug-likeness (QED) is 0.778. The van der Waals surface area contributed by atoms with Gasteiger partial charge in [-0.15, -0.1) is 0 Å². The van der Waals surface area contributed by atoms with E-state index in [1.165, 1.54) is 12.5 Å². The summed E-state index contributed by atoms with van der Waals surface area (Å²) in [5.74, 6) is -0.175. The van der Waals surface area contributed by atoms with E-state index in [2.05, 4.69) is 5.32 Å². The summed E-state index contributed by atoms with van der Waals surface area (Å²) in [5.41, 5.74) is 1.00. The van der Waals surface area contributed by atoms with Crippen LogP contribution in [0.5, 0.6) is 0 Å². The molecule has 9 heteroatoms. The van der Waals surface area contributed by atoms with Crippen molar-refractivity contribution in [3.8, 4) is 0 Å². The van der Waals surface area contributed by atoms with Gasteiger partial charge in [0.15, 0.2) is 5.76 Å². The molecule has 0 saturated carbocycles. The molecule has 1 aromatic heterocycles. The Labute approximate surface area is 164 Å². The van der Waals surface area contributed by atoms with Crippen molar-refractivity contribution in [1.82, 2.24) is 9.80 Å². The SMILES string of the molecule is CS(=O)(=O)CCN1CCN(C(=O)c2cccc(NC(=O)c3ccco3)c2)CC1. The van der Waals surface area contributed by atoms with Crippen molar-refractivity contribution in [3.05, 3.63) is 54.0 Å². The van der Waals surface area contributed by atoms with Crippen molar-refractivity contribution in [3.63, 3.8) is 0 Å². The molecule has 2 aromatic rings. The van der Waals surface area contributed by atoms with Crippen molar-refractivity contribution >= 4 is 27.3 Å². The summed E-state index contributed by atoms with van der Waals surface area (Å²) < 4.78 is 27.6.